The molecular weight excluding hydrogens is 184 g/mol. The van der Waals surface area contributed by atoms with E-state index in [1.807, 2.05) is 0 Å². The van der Waals surface area contributed by atoms with Gasteiger partial charge in [-0.05, 0) is 53.8 Å². The Morgan fingerprint density at radius 2 is 1.60 bits per heavy atom. The second-order valence-electron chi connectivity index (χ2n) is 4.72. The number of unbranched alkanes of at least 4 members (excludes halogenated alkanes) is 1. The Bertz CT molecular complexity index is 124. The zero-order chi connectivity index (χ0) is 13.0. The highest BCUT2D eigenvalue weighted by Gasteiger charge is 2.23. The molecule has 1 saturated heterocycles. The fourth-order valence-electron chi connectivity index (χ4n) is 1.39. The Morgan fingerprint density at radius 1 is 1.13 bits per heavy atom. The number of nitrogens with two attached hydrogens (primary N) is 1. The molecule has 0 aromatic heterocycles. The van der Waals surface area contributed by atoms with Crippen LogP contribution in [0.2, 0.25) is 0 Å². The molecule has 1 heterocycles. The highest BCUT2D eigenvalue weighted by Crippen LogP contribution is 2.19. The third kappa shape index (κ3) is 10.2. The molecule has 1 fully saturated rings. The van der Waals surface area contributed by atoms with Gasteiger partial charge in [0.1, 0.15) is 0 Å². The smallest absolute Gasteiger partial charge is 0.0230 e. The SMILES string of the molecule is CC(C)(C)N1CCCC1.CN.[2H]CCCC. The van der Waals surface area contributed by atoms with Gasteiger partial charge in [-0.3, -0.25) is 4.90 Å². The van der Waals surface area contributed by atoms with Crippen molar-refractivity contribution in [3.05, 3.63) is 0 Å². The van der Waals surface area contributed by atoms with Crippen molar-refractivity contribution in [1.29, 1.82) is 0 Å². The normalized spacial score (nSPS) is 17.1. The van der Waals surface area contributed by atoms with E-state index in [-0.39, 0.29) is 0 Å². The molecule has 0 spiro atoms. The van der Waals surface area contributed by atoms with Crippen LogP contribution in [0.3, 0.4) is 0 Å². The van der Waals surface area contributed by atoms with Gasteiger partial charge in [-0.1, -0.05) is 26.7 Å². The highest BCUT2D eigenvalue weighted by molar-refractivity contribution is 4.79. The number of nitrogens with zero attached hydrogens (tertiary/aromatic N) is 1. The first-order valence-electron chi connectivity index (χ1n) is 6.85. The molecule has 0 radical (unpaired) electrons. The molecule has 2 nitrogen and oxygen atoms in total. The second kappa shape index (κ2) is 10.4. The average molecular weight is 217 g/mol. The Labute approximate surface area is 98.6 Å². The van der Waals surface area contributed by atoms with Gasteiger partial charge in [0.2, 0.25) is 0 Å². The second-order valence-corrected chi connectivity index (χ2v) is 4.72. The Morgan fingerprint density at radius 3 is 1.73 bits per heavy atom. The summed E-state index contributed by atoms with van der Waals surface area (Å²) < 4.78 is 6.60. The van der Waals surface area contributed by atoms with Crippen molar-refractivity contribution < 1.29 is 1.37 Å². The summed E-state index contributed by atoms with van der Waals surface area (Å²) in [4.78, 5) is 2.55. The first-order valence-corrected chi connectivity index (χ1v) is 6.14. The predicted octanol–water partition coefficient (Wildman–Crippen LogP) is 3.26. The summed E-state index contributed by atoms with van der Waals surface area (Å²) in [6, 6.07) is 0. The van der Waals surface area contributed by atoms with Crippen LogP contribution < -0.4 is 5.73 Å². The molecule has 0 aromatic rings. The lowest BCUT2D eigenvalue weighted by atomic mass is 10.1. The molecule has 0 aliphatic carbocycles. The van der Waals surface area contributed by atoms with E-state index in [1.54, 1.807) is 0 Å². The van der Waals surface area contributed by atoms with Crippen LogP contribution in [0.15, 0.2) is 0 Å². The fourth-order valence-corrected chi connectivity index (χ4v) is 1.39. The lowest BCUT2D eigenvalue weighted by molar-refractivity contribution is 0.175. The molecule has 2 N–H and O–H groups in total. The van der Waals surface area contributed by atoms with Crippen LogP contribution in [0.5, 0.6) is 0 Å². The molecular formula is C13H32N2. The first kappa shape index (κ1) is 14.9. The molecule has 1 aliphatic heterocycles. The van der Waals surface area contributed by atoms with E-state index in [0.717, 1.165) is 12.8 Å². The number of likely N-dealkylation sites (tertiary alicyclic amines) is 1. The van der Waals surface area contributed by atoms with E-state index in [0.29, 0.717) is 12.4 Å². The van der Waals surface area contributed by atoms with Gasteiger partial charge < -0.3 is 5.73 Å². The van der Waals surface area contributed by atoms with E-state index in [2.05, 4.69) is 38.3 Å². The summed E-state index contributed by atoms with van der Waals surface area (Å²) in [6.45, 7) is 12.2. The summed E-state index contributed by atoms with van der Waals surface area (Å²) in [5.74, 6) is 0. The summed E-state index contributed by atoms with van der Waals surface area (Å²) in [5.41, 5.74) is 4.91. The minimum Gasteiger partial charge on any atom is -0.333 e. The summed E-state index contributed by atoms with van der Waals surface area (Å²) in [6.07, 6.45) is 5.01. The van der Waals surface area contributed by atoms with E-state index in [1.165, 1.54) is 33.0 Å². The summed E-state index contributed by atoms with van der Waals surface area (Å²) >= 11 is 0. The predicted molar refractivity (Wildman–Crippen MR) is 71.3 cm³/mol. The van der Waals surface area contributed by atoms with Gasteiger partial charge in [-0.2, -0.15) is 0 Å². The van der Waals surface area contributed by atoms with E-state index in [4.69, 9.17) is 1.37 Å². The summed E-state index contributed by atoms with van der Waals surface area (Å²) in [7, 11) is 1.50. The van der Waals surface area contributed by atoms with E-state index < -0.39 is 0 Å². The molecule has 0 amide bonds. The molecule has 0 unspecified atom stereocenters. The van der Waals surface area contributed by atoms with E-state index in [9.17, 15) is 0 Å². The third-order valence-corrected chi connectivity index (χ3v) is 2.41. The Kier molecular flexibility index (Phi) is 10.4. The molecule has 2 heteroatoms. The first-order chi connectivity index (χ1) is 7.52. The minimum absolute atomic E-state index is 0.413. The zero-order valence-corrected chi connectivity index (χ0v) is 11.5. The van der Waals surface area contributed by atoms with Crippen molar-refractivity contribution >= 4 is 0 Å². The van der Waals surface area contributed by atoms with Crippen molar-refractivity contribution in [2.24, 2.45) is 5.73 Å². The van der Waals surface area contributed by atoms with E-state index >= 15 is 0 Å². The lowest BCUT2D eigenvalue weighted by Gasteiger charge is -2.31. The van der Waals surface area contributed by atoms with Crippen molar-refractivity contribution in [3.8, 4) is 0 Å². The number of hydrogen-bond donors (Lipinski definition) is 1. The topological polar surface area (TPSA) is 29.3 Å². The van der Waals surface area contributed by atoms with Gasteiger partial charge in [0.25, 0.3) is 0 Å². The quantitative estimate of drug-likeness (QED) is 0.730. The van der Waals surface area contributed by atoms with Gasteiger partial charge in [0, 0.05) is 6.91 Å². The molecule has 0 bridgehead atoms. The van der Waals surface area contributed by atoms with Crippen LogP contribution in [0.1, 0.15) is 61.6 Å². The van der Waals surface area contributed by atoms with Crippen LogP contribution in [-0.2, 0) is 0 Å². The molecule has 0 saturated carbocycles. The molecule has 0 atom stereocenters. The van der Waals surface area contributed by atoms with Crippen molar-refractivity contribution in [2.75, 3.05) is 20.1 Å². The molecule has 94 valence electrons. The highest BCUT2D eigenvalue weighted by atomic mass is 15.2. The standard InChI is InChI=1S/C8H17N.C4H10.CH5N/c1-8(2,3)9-6-4-5-7-9;1-3-4-2;1-2/h4-7H2,1-3H3;3-4H2,1-2H3;2H2,1H3/i;1D;. The molecule has 1 rings (SSSR count). The van der Waals surface area contributed by atoms with Crippen LogP contribution in [-0.4, -0.2) is 30.6 Å². The van der Waals surface area contributed by atoms with Crippen LogP contribution >= 0.6 is 0 Å². The molecule has 15 heavy (non-hydrogen) atoms. The zero-order valence-electron chi connectivity index (χ0n) is 12.5. The van der Waals surface area contributed by atoms with Crippen LogP contribution in [0.4, 0.5) is 0 Å². The maximum Gasteiger partial charge on any atom is 0.0230 e. The van der Waals surface area contributed by atoms with Gasteiger partial charge >= 0.3 is 0 Å². The largest absolute Gasteiger partial charge is 0.333 e. The summed E-state index contributed by atoms with van der Waals surface area (Å²) in [5, 5.41) is 0. The van der Waals surface area contributed by atoms with Gasteiger partial charge in [0.15, 0.2) is 0 Å². The Balaban J connectivity index is 0. The van der Waals surface area contributed by atoms with Crippen LogP contribution in [0.25, 0.3) is 0 Å². The van der Waals surface area contributed by atoms with Crippen molar-refractivity contribution in [3.63, 3.8) is 0 Å². The molecule has 1 aliphatic rings. The fraction of sp³-hybridized carbons (Fsp3) is 1.00. The number of rotatable bonds is 1. The maximum absolute atomic E-state index is 6.60. The monoisotopic (exact) mass is 217 g/mol. The van der Waals surface area contributed by atoms with Crippen LogP contribution in [0, 0.1) is 0 Å². The lowest BCUT2D eigenvalue weighted by Crippen LogP contribution is -2.38. The van der Waals surface area contributed by atoms with Gasteiger partial charge in [-0.25, -0.2) is 0 Å². The maximum atomic E-state index is 6.60. The van der Waals surface area contributed by atoms with Gasteiger partial charge in [-0.15, -0.1) is 0 Å². The molecule has 0 aromatic carbocycles. The van der Waals surface area contributed by atoms with Crippen molar-refractivity contribution in [1.82, 2.24) is 4.90 Å². The number of hydrogen-bond acceptors (Lipinski definition) is 2. The Hall–Kier alpha value is -0.0800. The third-order valence-electron chi connectivity index (χ3n) is 2.41. The van der Waals surface area contributed by atoms with Gasteiger partial charge in [0.05, 0.1) is 0 Å². The minimum atomic E-state index is 0.413. The average Bonchev–Trinajstić information content (AvgIpc) is 2.75. The van der Waals surface area contributed by atoms with Crippen molar-refractivity contribution in [2.45, 2.75) is 65.8 Å².